The van der Waals surface area contributed by atoms with Crippen LogP contribution in [0.3, 0.4) is 0 Å². The first-order chi connectivity index (χ1) is 14.2. The summed E-state index contributed by atoms with van der Waals surface area (Å²) >= 11 is 6.36. The van der Waals surface area contributed by atoms with Gasteiger partial charge in [-0.2, -0.15) is 0 Å². The number of rotatable bonds is 3. The molecule has 1 aliphatic heterocycles. The molecule has 5 nitrogen and oxygen atoms in total. The number of aromatic nitrogens is 3. The highest BCUT2D eigenvalue weighted by Crippen LogP contribution is 2.29. The Morgan fingerprint density at radius 1 is 1.00 bits per heavy atom. The van der Waals surface area contributed by atoms with E-state index in [1.807, 2.05) is 43.5 Å². The third-order valence-corrected chi connectivity index (χ3v) is 5.54. The Morgan fingerprint density at radius 3 is 2.52 bits per heavy atom. The van der Waals surface area contributed by atoms with Gasteiger partial charge in [-0.05, 0) is 36.8 Å². The van der Waals surface area contributed by atoms with Crippen molar-refractivity contribution in [2.24, 2.45) is 0 Å². The largest absolute Gasteiger partial charge is 0.378 e. The van der Waals surface area contributed by atoms with Crippen molar-refractivity contribution in [1.29, 1.82) is 0 Å². The van der Waals surface area contributed by atoms with E-state index in [0.717, 1.165) is 65.5 Å². The number of fused-ring (bicyclic) bond motifs is 1. The third-order valence-electron chi connectivity index (χ3n) is 5.25. The van der Waals surface area contributed by atoms with Crippen LogP contribution < -0.4 is 4.90 Å². The standard InChI is InChI=1S/C23H21ClN4O/c1-15-12-19(24)22(25-14-15)16-2-4-17(5-3-16)23-26-20-7-6-18(13-21(20)27-23)28-8-10-29-11-9-28/h2-7,12-14H,8-11H2,1H3,(H,26,27). The molecule has 0 aliphatic carbocycles. The third kappa shape index (κ3) is 3.59. The molecule has 2 aromatic carbocycles. The molecule has 0 saturated carbocycles. The predicted molar refractivity (Wildman–Crippen MR) is 118 cm³/mol. The Balaban J connectivity index is 1.44. The number of imidazole rings is 1. The number of hydrogen-bond acceptors (Lipinski definition) is 4. The van der Waals surface area contributed by atoms with Gasteiger partial charge in [-0.3, -0.25) is 4.98 Å². The quantitative estimate of drug-likeness (QED) is 0.516. The van der Waals surface area contributed by atoms with Crippen LogP contribution in [0.15, 0.2) is 54.7 Å². The molecule has 0 unspecified atom stereocenters. The molecule has 3 heterocycles. The summed E-state index contributed by atoms with van der Waals surface area (Å²) in [6.07, 6.45) is 1.83. The number of pyridine rings is 1. The summed E-state index contributed by atoms with van der Waals surface area (Å²) in [6, 6.07) is 16.5. The van der Waals surface area contributed by atoms with Crippen molar-refractivity contribution in [2.75, 3.05) is 31.2 Å². The number of H-pyrrole nitrogens is 1. The summed E-state index contributed by atoms with van der Waals surface area (Å²) in [5.41, 5.74) is 7.07. The summed E-state index contributed by atoms with van der Waals surface area (Å²) in [7, 11) is 0. The molecule has 1 N–H and O–H groups in total. The summed E-state index contributed by atoms with van der Waals surface area (Å²) < 4.78 is 5.45. The summed E-state index contributed by atoms with van der Waals surface area (Å²) in [5.74, 6) is 0.855. The molecule has 0 atom stereocenters. The molecule has 1 aliphatic rings. The predicted octanol–water partition coefficient (Wildman–Crippen LogP) is 5.09. The van der Waals surface area contributed by atoms with Crippen LogP contribution >= 0.6 is 11.6 Å². The lowest BCUT2D eigenvalue weighted by Gasteiger charge is -2.28. The van der Waals surface area contributed by atoms with Crippen molar-refractivity contribution in [3.63, 3.8) is 0 Å². The number of aryl methyl sites for hydroxylation is 1. The normalized spacial score (nSPS) is 14.5. The molecule has 0 radical (unpaired) electrons. The molecular formula is C23H21ClN4O. The van der Waals surface area contributed by atoms with Gasteiger partial charge in [-0.1, -0.05) is 35.9 Å². The lowest BCUT2D eigenvalue weighted by Crippen LogP contribution is -2.36. The first kappa shape index (κ1) is 18.2. The van der Waals surface area contributed by atoms with Crippen molar-refractivity contribution < 1.29 is 4.74 Å². The molecule has 4 aromatic rings. The average molecular weight is 405 g/mol. The Labute approximate surface area is 174 Å². The van der Waals surface area contributed by atoms with Gasteiger partial charge in [-0.15, -0.1) is 0 Å². The van der Waals surface area contributed by atoms with Crippen LogP contribution in [0.1, 0.15) is 5.56 Å². The Bertz CT molecular complexity index is 1160. The van der Waals surface area contributed by atoms with E-state index in [1.54, 1.807) is 0 Å². The minimum absolute atomic E-state index is 0.664. The van der Waals surface area contributed by atoms with Crippen LogP contribution in [0.5, 0.6) is 0 Å². The van der Waals surface area contributed by atoms with Gasteiger partial charge in [-0.25, -0.2) is 4.98 Å². The molecule has 1 fully saturated rings. The molecule has 2 aromatic heterocycles. The number of hydrogen-bond donors (Lipinski definition) is 1. The van der Waals surface area contributed by atoms with Crippen molar-refractivity contribution in [2.45, 2.75) is 6.92 Å². The number of anilines is 1. The number of nitrogens with zero attached hydrogens (tertiary/aromatic N) is 3. The maximum absolute atomic E-state index is 6.36. The number of ether oxygens (including phenoxy) is 1. The molecule has 0 bridgehead atoms. The maximum Gasteiger partial charge on any atom is 0.138 e. The van der Waals surface area contributed by atoms with Crippen molar-refractivity contribution in [1.82, 2.24) is 15.0 Å². The molecule has 5 rings (SSSR count). The van der Waals surface area contributed by atoms with E-state index >= 15 is 0 Å². The highest BCUT2D eigenvalue weighted by atomic mass is 35.5. The van der Waals surface area contributed by atoms with Crippen LogP contribution in [-0.4, -0.2) is 41.3 Å². The van der Waals surface area contributed by atoms with E-state index < -0.39 is 0 Å². The van der Waals surface area contributed by atoms with E-state index in [9.17, 15) is 0 Å². The first-order valence-electron chi connectivity index (χ1n) is 9.73. The first-order valence-corrected chi connectivity index (χ1v) is 10.1. The maximum atomic E-state index is 6.36. The fourth-order valence-corrected chi connectivity index (χ4v) is 4.01. The monoisotopic (exact) mass is 404 g/mol. The molecular weight excluding hydrogens is 384 g/mol. The zero-order chi connectivity index (χ0) is 19.8. The molecule has 6 heteroatoms. The van der Waals surface area contributed by atoms with Gasteiger partial charge in [0, 0.05) is 36.1 Å². The molecule has 1 saturated heterocycles. The van der Waals surface area contributed by atoms with Gasteiger partial charge in [0.1, 0.15) is 5.82 Å². The fraction of sp³-hybridized carbons (Fsp3) is 0.217. The number of morpholine rings is 1. The highest BCUT2D eigenvalue weighted by molar-refractivity contribution is 6.33. The number of halogens is 1. The van der Waals surface area contributed by atoms with E-state index in [2.05, 4.69) is 33.1 Å². The van der Waals surface area contributed by atoms with Crippen LogP contribution in [0.4, 0.5) is 5.69 Å². The highest BCUT2D eigenvalue weighted by Gasteiger charge is 2.13. The van der Waals surface area contributed by atoms with Gasteiger partial charge in [0.05, 0.1) is 35.0 Å². The van der Waals surface area contributed by atoms with E-state index in [4.69, 9.17) is 21.3 Å². The van der Waals surface area contributed by atoms with Crippen LogP contribution in [-0.2, 0) is 4.74 Å². The number of aromatic amines is 1. The Morgan fingerprint density at radius 2 is 1.76 bits per heavy atom. The SMILES string of the molecule is Cc1cnc(-c2ccc(-c3nc4ccc(N5CCOCC5)cc4[nH]3)cc2)c(Cl)c1. The van der Waals surface area contributed by atoms with Crippen LogP contribution in [0, 0.1) is 6.92 Å². The van der Waals surface area contributed by atoms with Crippen molar-refractivity contribution in [3.05, 3.63) is 65.3 Å². The van der Waals surface area contributed by atoms with E-state index in [0.29, 0.717) is 5.02 Å². The average Bonchev–Trinajstić information content (AvgIpc) is 3.18. The van der Waals surface area contributed by atoms with Gasteiger partial charge < -0.3 is 14.6 Å². The Kier molecular flexibility index (Phi) is 4.70. The summed E-state index contributed by atoms with van der Waals surface area (Å²) in [5, 5.41) is 0.664. The zero-order valence-corrected chi connectivity index (χ0v) is 16.9. The molecule has 0 spiro atoms. The number of benzene rings is 2. The fourth-order valence-electron chi connectivity index (χ4n) is 3.68. The van der Waals surface area contributed by atoms with E-state index in [-0.39, 0.29) is 0 Å². The van der Waals surface area contributed by atoms with Crippen LogP contribution in [0.2, 0.25) is 5.02 Å². The minimum atomic E-state index is 0.664. The zero-order valence-electron chi connectivity index (χ0n) is 16.2. The van der Waals surface area contributed by atoms with Gasteiger partial charge in [0.25, 0.3) is 0 Å². The lowest BCUT2D eigenvalue weighted by atomic mass is 10.1. The second kappa shape index (κ2) is 7.50. The van der Waals surface area contributed by atoms with Crippen LogP contribution in [0.25, 0.3) is 33.7 Å². The van der Waals surface area contributed by atoms with Gasteiger partial charge in [0.15, 0.2) is 0 Å². The Hall–Kier alpha value is -2.89. The second-order valence-corrected chi connectivity index (χ2v) is 7.71. The molecule has 0 amide bonds. The van der Waals surface area contributed by atoms with Crippen molar-refractivity contribution in [3.8, 4) is 22.6 Å². The number of nitrogens with one attached hydrogen (secondary N) is 1. The smallest absolute Gasteiger partial charge is 0.138 e. The second-order valence-electron chi connectivity index (χ2n) is 7.31. The summed E-state index contributed by atoms with van der Waals surface area (Å²) in [6.45, 7) is 5.38. The molecule has 29 heavy (non-hydrogen) atoms. The minimum Gasteiger partial charge on any atom is -0.378 e. The van der Waals surface area contributed by atoms with Crippen molar-refractivity contribution >= 4 is 28.3 Å². The molecule has 146 valence electrons. The topological polar surface area (TPSA) is 54.0 Å². The summed E-state index contributed by atoms with van der Waals surface area (Å²) in [4.78, 5) is 15.0. The van der Waals surface area contributed by atoms with Gasteiger partial charge in [0.2, 0.25) is 0 Å². The lowest BCUT2D eigenvalue weighted by molar-refractivity contribution is 0.122. The van der Waals surface area contributed by atoms with E-state index in [1.165, 1.54) is 5.69 Å². The van der Waals surface area contributed by atoms with Gasteiger partial charge >= 0.3 is 0 Å².